The van der Waals surface area contributed by atoms with E-state index in [0.29, 0.717) is 6.04 Å². The van der Waals surface area contributed by atoms with Gasteiger partial charge in [-0.2, -0.15) is 5.10 Å². The van der Waals surface area contributed by atoms with Crippen LogP contribution < -0.4 is 5.32 Å². The van der Waals surface area contributed by atoms with Gasteiger partial charge in [-0.3, -0.25) is 4.68 Å². The molecule has 1 aliphatic rings. The molecule has 1 aromatic heterocycles. The Bertz CT molecular complexity index is 285. The molecule has 1 heterocycles. The third-order valence-corrected chi connectivity index (χ3v) is 3.18. The van der Waals surface area contributed by atoms with E-state index in [1.54, 1.807) is 0 Å². The largest absolute Gasteiger partial charge is 0.380 e. The first kappa shape index (κ1) is 10.5. The van der Waals surface area contributed by atoms with E-state index in [4.69, 9.17) is 0 Å². The average molecular weight is 207 g/mol. The highest BCUT2D eigenvalue weighted by Gasteiger charge is 2.11. The number of aryl methyl sites for hydroxylation is 1. The van der Waals surface area contributed by atoms with Crippen molar-refractivity contribution in [2.24, 2.45) is 7.05 Å². The molecule has 2 rings (SSSR count). The molecule has 0 radical (unpaired) electrons. The van der Waals surface area contributed by atoms with E-state index in [-0.39, 0.29) is 0 Å². The second kappa shape index (κ2) is 5.19. The van der Waals surface area contributed by atoms with Crippen LogP contribution in [0.2, 0.25) is 0 Å². The zero-order valence-electron chi connectivity index (χ0n) is 9.58. The van der Waals surface area contributed by atoms with Gasteiger partial charge in [0.15, 0.2) is 0 Å². The minimum atomic E-state index is 0.662. The topological polar surface area (TPSA) is 29.9 Å². The second-order valence-electron chi connectivity index (χ2n) is 4.59. The average Bonchev–Trinajstić information content (AvgIpc) is 2.56. The van der Waals surface area contributed by atoms with Crippen LogP contribution in [0.3, 0.4) is 0 Å². The van der Waals surface area contributed by atoms with Gasteiger partial charge in [-0.25, -0.2) is 0 Å². The predicted octanol–water partition coefficient (Wildman–Crippen LogP) is 2.94. The quantitative estimate of drug-likeness (QED) is 0.808. The Labute approximate surface area is 91.9 Å². The first-order valence-electron chi connectivity index (χ1n) is 6.10. The van der Waals surface area contributed by atoms with Gasteiger partial charge in [0.2, 0.25) is 0 Å². The Balaban J connectivity index is 1.86. The van der Waals surface area contributed by atoms with Crippen LogP contribution in [0.1, 0.15) is 44.9 Å². The van der Waals surface area contributed by atoms with Gasteiger partial charge < -0.3 is 5.32 Å². The molecule has 0 spiro atoms. The lowest BCUT2D eigenvalue weighted by atomic mass is 9.97. The van der Waals surface area contributed by atoms with Crippen LogP contribution in [0.25, 0.3) is 0 Å². The van der Waals surface area contributed by atoms with Crippen molar-refractivity contribution in [2.45, 2.75) is 51.0 Å². The summed E-state index contributed by atoms with van der Waals surface area (Å²) in [6, 6.07) is 0.662. The summed E-state index contributed by atoms with van der Waals surface area (Å²) in [6.45, 7) is 0. The smallest absolute Gasteiger partial charge is 0.0728 e. The molecular weight excluding hydrogens is 186 g/mol. The highest BCUT2D eigenvalue weighted by atomic mass is 15.3. The molecule has 0 amide bonds. The Morgan fingerprint density at radius 2 is 1.87 bits per heavy atom. The lowest BCUT2D eigenvalue weighted by Crippen LogP contribution is -2.20. The zero-order valence-corrected chi connectivity index (χ0v) is 9.58. The van der Waals surface area contributed by atoms with Crippen LogP contribution in [0.15, 0.2) is 12.4 Å². The van der Waals surface area contributed by atoms with Crippen LogP contribution in [-0.2, 0) is 7.05 Å². The van der Waals surface area contributed by atoms with E-state index in [1.807, 2.05) is 17.9 Å². The molecule has 0 aliphatic heterocycles. The van der Waals surface area contributed by atoms with E-state index in [1.165, 1.54) is 50.6 Å². The highest BCUT2D eigenvalue weighted by Crippen LogP contribution is 2.20. The van der Waals surface area contributed by atoms with Crippen molar-refractivity contribution < 1.29 is 0 Å². The summed E-state index contributed by atoms with van der Waals surface area (Å²) in [5.41, 5.74) is 1.17. The minimum Gasteiger partial charge on any atom is -0.380 e. The first-order chi connectivity index (χ1) is 7.34. The second-order valence-corrected chi connectivity index (χ2v) is 4.59. The van der Waals surface area contributed by atoms with E-state index in [2.05, 4.69) is 16.6 Å². The Morgan fingerprint density at radius 1 is 1.20 bits per heavy atom. The lowest BCUT2D eigenvalue weighted by Gasteiger charge is -2.20. The summed E-state index contributed by atoms with van der Waals surface area (Å²) in [7, 11) is 1.96. The number of anilines is 1. The molecule has 1 aliphatic carbocycles. The third-order valence-electron chi connectivity index (χ3n) is 3.18. The van der Waals surface area contributed by atoms with Gasteiger partial charge in [0.25, 0.3) is 0 Å². The Morgan fingerprint density at radius 3 is 2.47 bits per heavy atom. The summed E-state index contributed by atoms with van der Waals surface area (Å²) >= 11 is 0. The standard InChI is InChI=1S/C12H21N3/c1-15-10-12(9-13-15)14-11-7-5-3-2-4-6-8-11/h9-11,14H,2-8H2,1H3. The molecule has 0 atom stereocenters. The van der Waals surface area contributed by atoms with Crippen molar-refractivity contribution in [2.75, 3.05) is 5.32 Å². The van der Waals surface area contributed by atoms with E-state index >= 15 is 0 Å². The number of rotatable bonds is 2. The van der Waals surface area contributed by atoms with Crippen LogP contribution in [0.4, 0.5) is 5.69 Å². The zero-order chi connectivity index (χ0) is 10.5. The number of hydrogen-bond donors (Lipinski definition) is 1. The van der Waals surface area contributed by atoms with Crippen molar-refractivity contribution in [3.05, 3.63) is 12.4 Å². The van der Waals surface area contributed by atoms with Crippen molar-refractivity contribution >= 4 is 5.69 Å². The third kappa shape index (κ3) is 3.26. The fraction of sp³-hybridized carbons (Fsp3) is 0.750. The molecule has 1 N–H and O–H groups in total. The number of hydrogen-bond acceptors (Lipinski definition) is 2. The molecule has 1 fully saturated rings. The predicted molar refractivity (Wildman–Crippen MR) is 62.9 cm³/mol. The highest BCUT2D eigenvalue weighted by molar-refractivity contribution is 5.39. The molecule has 0 saturated heterocycles. The van der Waals surface area contributed by atoms with Crippen molar-refractivity contribution in [1.82, 2.24) is 9.78 Å². The molecule has 0 bridgehead atoms. The van der Waals surface area contributed by atoms with Crippen molar-refractivity contribution in [1.29, 1.82) is 0 Å². The molecule has 84 valence electrons. The van der Waals surface area contributed by atoms with E-state index in [9.17, 15) is 0 Å². The number of aromatic nitrogens is 2. The Hall–Kier alpha value is -0.990. The van der Waals surface area contributed by atoms with Gasteiger partial charge in [0.05, 0.1) is 11.9 Å². The van der Waals surface area contributed by atoms with Gasteiger partial charge in [0.1, 0.15) is 0 Å². The van der Waals surface area contributed by atoms with Crippen molar-refractivity contribution in [3.63, 3.8) is 0 Å². The normalized spacial score (nSPS) is 19.5. The molecule has 3 nitrogen and oxygen atoms in total. The van der Waals surface area contributed by atoms with Crippen LogP contribution in [0.5, 0.6) is 0 Å². The first-order valence-corrected chi connectivity index (χ1v) is 6.10. The molecule has 0 aromatic carbocycles. The minimum absolute atomic E-state index is 0.662. The van der Waals surface area contributed by atoms with Gasteiger partial charge in [-0.05, 0) is 12.8 Å². The fourth-order valence-corrected chi connectivity index (χ4v) is 2.33. The molecule has 3 heteroatoms. The van der Waals surface area contributed by atoms with Crippen LogP contribution in [0, 0.1) is 0 Å². The summed E-state index contributed by atoms with van der Waals surface area (Å²) in [5, 5.41) is 7.76. The maximum Gasteiger partial charge on any atom is 0.0728 e. The van der Waals surface area contributed by atoms with Gasteiger partial charge in [0, 0.05) is 19.3 Å². The van der Waals surface area contributed by atoms with Crippen molar-refractivity contribution in [3.8, 4) is 0 Å². The molecule has 1 saturated carbocycles. The van der Waals surface area contributed by atoms with Gasteiger partial charge in [-0.1, -0.05) is 32.1 Å². The lowest BCUT2D eigenvalue weighted by molar-refractivity contribution is 0.471. The molecule has 1 aromatic rings. The summed E-state index contributed by atoms with van der Waals surface area (Å²) in [6.07, 6.45) is 13.6. The van der Waals surface area contributed by atoms with Gasteiger partial charge >= 0.3 is 0 Å². The van der Waals surface area contributed by atoms with E-state index in [0.717, 1.165) is 0 Å². The number of nitrogens with one attached hydrogen (secondary N) is 1. The molecule has 0 unspecified atom stereocenters. The fourth-order valence-electron chi connectivity index (χ4n) is 2.33. The van der Waals surface area contributed by atoms with Crippen LogP contribution >= 0.6 is 0 Å². The van der Waals surface area contributed by atoms with Crippen LogP contribution in [-0.4, -0.2) is 15.8 Å². The Kier molecular flexibility index (Phi) is 3.64. The monoisotopic (exact) mass is 207 g/mol. The number of nitrogens with zero attached hydrogens (tertiary/aromatic N) is 2. The summed E-state index contributed by atoms with van der Waals surface area (Å²) < 4.78 is 1.85. The summed E-state index contributed by atoms with van der Waals surface area (Å²) in [5.74, 6) is 0. The van der Waals surface area contributed by atoms with Gasteiger partial charge in [-0.15, -0.1) is 0 Å². The maximum absolute atomic E-state index is 4.18. The SMILES string of the molecule is Cn1cc(NC2CCCCCCC2)cn1. The summed E-state index contributed by atoms with van der Waals surface area (Å²) in [4.78, 5) is 0. The molecule has 15 heavy (non-hydrogen) atoms. The molecular formula is C12H21N3. The van der Waals surface area contributed by atoms with E-state index < -0.39 is 0 Å². The maximum atomic E-state index is 4.18.